The Morgan fingerprint density at radius 1 is 1.00 bits per heavy atom. The summed E-state index contributed by atoms with van der Waals surface area (Å²) in [6.07, 6.45) is 9.14. The zero-order valence-electron chi connectivity index (χ0n) is 20.9. The zero-order chi connectivity index (χ0) is 24.4. The number of piperazine rings is 1. The van der Waals surface area contributed by atoms with E-state index < -0.39 is 0 Å². The molecule has 5 heterocycles. The van der Waals surface area contributed by atoms with Crippen molar-refractivity contribution in [3.8, 4) is 5.88 Å². The maximum atomic E-state index is 5.69. The Kier molecular flexibility index (Phi) is 6.63. The van der Waals surface area contributed by atoms with E-state index in [9.17, 15) is 0 Å². The van der Waals surface area contributed by atoms with Crippen LogP contribution in [0.3, 0.4) is 0 Å². The van der Waals surface area contributed by atoms with Gasteiger partial charge in [-0.05, 0) is 51.1 Å². The van der Waals surface area contributed by atoms with Crippen LogP contribution in [0.4, 0.5) is 5.82 Å². The second kappa shape index (κ2) is 10.00. The van der Waals surface area contributed by atoms with Crippen LogP contribution in [0.1, 0.15) is 43.4 Å². The predicted molar refractivity (Wildman–Crippen MR) is 137 cm³/mol. The highest BCUT2D eigenvalue weighted by Gasteiger charge is 2.22. The molecule has 4 aromatic heterocycles. The molecule has 35 heavy (non-hydrogen) atoms. The first-order chi connectivity index (χ1) is 16.9. The van der Waals surface area contributed by atoms with E-state index in [1.165, 1.54) is 5.56 Å². The second-order valence-electron chi connectivity index (χ2n) is 9.66. The number of hydrogen-bond donors (Lipinski definition) is 0. The molecule has 0 aliphatic carbocycles. The van der Waals surface area contributed by atoms with Crippen molar-refractivity contribution in [2.75, 3.05) is 31.6 Å². The van der Waals surface area contributed by atoms with Gasteiger partial charge in [-0.1, -0.05) is 6.07 Å². The molecule has 0 bridgehead atoms. The molecule has 0 radical (unpaired) electrons. The van der Waals surface area contributed by atoms with Crippen molar-refractivity contribution in [1.29, 1.82) is 0 Å². The number of ether oxygens (including phenoxy) is 1. The van der Waals surface area contributed by atoms with E-state index in [-0.39, 0.29) is 6.10 Å². The van der Waals surface area contributed by atoms with E-state index in [1.54, 1.807) is 0 Å². The fraction of sp³-hybridized carbons (Fsp3) is 0.407. The first-order valence-electron chi connectivity index (χ1n) is 12.3. The van der Waals surface area contributed by atoms with Gasteiger partial charge in [-0.15, -0.1) is 0 Å². The topological polar surface area (TPSA) is 71.7 Å². The van der Waals surface area contributed by atoms with Crippen molar-refractivity contribution >= 4 is 11.5 Å². The molecule has 0 N–H and O–H groups in total. The van der Waals surface area contributed by atoms with Gasteiger partial charge in [-0.25, -0.2) is 19.9 Å². The number of pyridine rings is 2. The molecule has 0 spiro atoms. The van der Waals surface area contributed by atoms with Gasteiger partial charge in [0.05, 0.1) is 11.8 Å². The average molecular weight is 472 g/mol. The highest BCUT2D eigenvalue weighted by Crippen LogP contribution is 2.21. The van der Waals surface area contributed by atoms with Crippen LogP contribution in [0.2, 0.25) is 0 Å². The lowest BCUT2D eigenvalue weighted by Crippen LogP contribution is -2.50. The molecule has 182 valence electrons. The van der Waals surface area contributed by atoms with Crippen LogP contribution in [-0.4, -0.2) is 68.1 Å². The summed E-state index contributed by atoms with van der Waals surface area (Å²) in [5, 5.41) is 0. The van der Waals surface area contributed by atoms with E-state index >= 15 is 0 Å². The lowest BCUT2D eigenvalue weighted by molar-refractivity contribution is 0.232. The van der Waals surface area contributed by atoms with Crippen LogP contribution < -0.4 is 9.64 Å². The van der Waals surface area contributed by atoms with Crippen molar-refractivity contribution in [2.24, 2.45) is 0 Å². The molecule has 0 unspecified atom stereocenters. The smallest absolute Gasteiger partial charge is 0.213 e. The Bertz CT molecular complexity index is 1280. The molecule has 1 atom stereocenters. The first kappa shape index (κ1) is 23.2. The van der Waals surface area contributed by atoms with E-state index in [0.717, 1.165) is 54.6 Å². The van der Waals surface area contributed by atoms with Gasteiger partial charge in [0.15, 0.2) is 0 Å². The second-order valence-corrected chi connectivity index (χ2v) is 9.66. The first-order valence-corrected chi connectivity index (χ1v) is 12.3. The number of aromatic nitrogens is 5. The Labute approximate surface area is 206 Å². The molecule has 1 aliphatic rings. The summed E-state index contributed by atoms with van der Waals surface area (Å²) in [6.45, 7) is 9.20. The van der Waals surface area contributed by atoms with Crippen molar-refractivity contribution in [2.45, 2.75) is 45.8 Å². The standard InChI is InChI=1S/C27H33N7O/c1-19(2)35-27-6-5-22(17-29-27)14-24-30-23(13-21-7-9-33-10-8-28-25(33)15-21)16-26(31-24)34-12-11-32(4)20(3)18-34/h5-10,15-17,19-20H,11-14,18H2,1-4H3/t20-/m0/s1. The number of imidazole rings is 1. The number of nitrogens with zero attached hydrogens (tertiary/aromatic N) is 7. The third-order valence-corrected chi connectivity index (χ3v) is 6.46. The van der Waals surface area contributed by atoms with E-state index in [1.807, 2.05) is 49.0 Å². The van der Waals surface area contributed by atoms with Gasteiger partial charge in [-0.2, -0.15) is 0 Å². The molecular formula is C27H33N7O. The number of rotatable bonds is 7. The Hall–Kier alpha value is -3.52. The molecule has 0 aromatic carbocycles. The molecule has 1 fully saturated rings. The van der Waals surface area contributed by atoms with Gasteiger partial charge >= 0.3 is 0 Å². The summed E-state index contributed by atoms with van der Waals surface area (Å²) in [5.41, 5.74) is 4.21. The third kappa shape index (κ3) is 5.59. The maximum Gasteiger partial charge on any atom is 0.213 e. The minimum absolute atomic E-state index is 0.100. The fourth-order valence-electron chi connectivity index (χ4n) is 4.41. The molecule has 8 heteroatoms. The highest BCUT2D eigenvalue weighted by atomic mass is 16.5. The van der Waals surface area contributed by atoms with Crippen molar-refractivity contribution in [3.63, 3.8) is 0 Å². The largest absolute Gasteiger partial charge is 0.475 e. The molecule has 5 rings (SSSR count). The van der Waals surface area contributed by atoms with Crippen LogP contribution in [0.15, 0.2) is 55.1 Å². The Morgan fingerprint density at radius 3 is 2.66 bits per heavy atom. The predicted octanol–water partition coefficient (Wildman–Crippen LogP) is 3.63. The molecule has 1 saturated heterocycles. The third-order valence-electron chi connectivity index (χ3n) is 6.46. The summed E-state index contributed by atoms with van der Waals surface area (Å²) >= 11 is 0. The van der Waals surface area contributed by atoms with E-state index in [4.69, 9.17) is 14.7 Å². The van der Waals surface area contributed by atoms with Gasteiger partial charge in [0.2, 0.25) is 5.88 Å². The van der Waals surface area contributed by atoms with E-state index in [2.05, 4.69) is 58.1 Å². The van der Waals surface area contributed by atoms with Crippen molar-refractivity contribution in [1.82, 2.24) is 29.2 Å². The molecule has 4 aromatic rings. The van der Waals surface area contributed by atoms with Crippen LogP contribution in [0, 0.1) is 0 Å². The highest BCUT2D eigenvalue weighted by molar-refractivity contribution is 5.45. The van der Waals surface area contributed by atoms with Gasteiger partial charge < -0.3 is 18.9 Å². The monoisotopic (exact) mass is 471 g/mol. The van der Waals surface area contributed by atoms with Crippen LogP contribution in [0.25, 0.3) is 5.65 Å². The SMILES string of the molecule is CC(C)Oc1ccc(Cc2nc(Cc3ccn4ccnc4c3)cc(N3CCN(C)[C@@H](C)C3)n2)cn1. The number of hydrogen-bond acceptors (Lipinski definition) is 7. The van der Waals surface area contributed by atoms with Gasteiger partial charge in [0.25, 0.3) is 0 Å². The van der Waals surface area contributed by atoms with Gasteiger partial charge in [0.1, 0.15) is 17.3 Å². The van der Waals surface area contributed by atoms with Crippen molar-refractivity contribution < 1.29 is 4.74 Å². The van der Waals surface area contributed by atoms with Gasteiger partial charge in [0, 0.05) is 75.4 Å². The minimum Gasteiger partial charge on any atom is -0.475 e. The summed E-state index contributed by atoms with van der Waals surface area (Å²) < 4.78 is 7.71. The normalized spacial score (nSPS) is 16.8. The fourth-order valence-corrected chi connectivity index (χ4v) is 4.41. The zero-order valence-corrected chi connectivity index (χ0v) is 20.9. The van der Waals surface area contributed by atoms with Gasteiger partial charge in [-0.3, -0.25) is 0 Å². The quantitative estimate of drug-likeness (QED) is 0.408. The van der Waals surface area contributed by atoms with E-state index in [0.29, 0.717) is 18.3 Å². The van der Waals surface area contributed by atoms with Crippen LogP contribution in [0.5, 0.6) is 5.88 Å². The minimum atomic E-state index is 0.100. The molecule has 0 saturated carbocycles. The number of anilines is 1. The van der Waals surface area contributed by atoms with Crippen molar-refractivity contribution in [3.05, 3.63) is 77.8 Å². The lowest BCUT2D eigenvalue weighted by Gasteiger charge is -2.38. The van der Waals surface area contributed by atoms with Crippen LogP contribution in [-0.2, 0) is 12.8 Å². The molecule has 1 aliphatic heterocycles. The average Bonchev–Trinajstić information content (AvgIpc) is 3.30. The molecular weight excluding hydrogens is 438 g/mol. The summed E-state index contributed by atoms with van der Waals surface area (Å²) in [4.78, 5) is 23.6. The molecule has 0 amide bonds. The Balaban J connectivity index is 1.43. The summed E-state index contributed by atoms with van der Waals surface area (Å²) in [7, 11) is 2.18. The maximum absolute atomic E-state index is 5.69. The van der Waals surface area contributed by atoms with Crippen LogP contribution >= 0.6 is 0 Å². The molecule has 8 nitrogen and oxygen atoms in total. The summed E-state index contributed by atoms with van der Waals surface area (Å²) in [5.74, 6) is 2.45. The number of fused-ring (bicyclic) bond motifs is 1. The number of likely N-dealkylation sites (N-methyl/N-ethyl adjacent to an activating group) is 1. The summed E-state index contributed by atoms with van der Waals surface area (Å²) in [6, 6.07) is 10.8. The Morgan fingerprint density at radius 2 is 1.89 bits per heavy atom. The lowest BCUT2D eigenvalue weighted by atomic mass is 10.1.